The van der Waals surface area contributed by atoms with Gasteiger partial charge in [0.1, 0.15) is 5.58 Å². The highest BCUT2D eigenvalue weighted by Gasteiger charge is 2.37. The number of carboxylic acid groups (broad SMARTS) is 1. The largest absolute Gasteiger partial charge is 0.480 e. The Morgan fingerprint density at radius 2 is 2.22 bits per heavy atom. The molecule has 0 saturated carbocycles. The molecule has 7 heteroatoms. The predicted octanol–water partition coefficient (Wildman–Crippen LogP) is 2.37. The van der Waals surface area contributed by atoms with E-state index in [0.29, 0.717) is 30.1 Å². The van der Waals surface area contributed by atoms with Crippen molar-refractivity contribution in [2.45, 2.75) is 18.9 Å². The van der Waals surface area contributed by atoms with E-state index in [1.165, 1.54) is 0 Å². The highest BCUT2D eigenvalue weighted by atomic mass is 35.5. The Labute approximate surface area is 138 Å². The number of nitrogens with zero attached hydrogens (tertiary/aromatic N) is 1. The number of aliphatic carboxylic acids is 1. The summed E-state index contributed by atoms with van der Waals surface area (Å²) in [4.78, 5) is 25.0. The third-order valence-corrected chi connectivity index (χ3v) is 4.35. The molecule has 0 radical (unpaired) electrons. The van der Waals surface area contributed by atoms with Crippen LogP contribution < -0.4 is 5.32 Å². The number of fused-ring (bicyclic) bond motifs is 1. The van der Waals surface area contributed by atoms with Gasteiger partial charge in [-0.15, -0.1) is 0 Å². The standard InChI is InChI=1S/C16H17ClN2O4/c1-16(18-8-14(20)21)4-5-19(9-16)15(22)13-7-10-6-11(17)2-3-12(10)23-13/h2-3,6-7,18H,4-5,8-9H2,1H3,(H,20,21)/t16-/m0/s1. The first kappa shape index (κ1) is 15.8. The molecule has 1 amide bonds. The number of amides is 1. The third-order valence-electron chi connectivity index (χ3n) is 4.12. The zero-order valence-corrected chi connectivity index (χ0v) is 13.4. The minimum Gasteiger partial charge on any atom is -0.480 e. The number of furan rings is 1. The molecule has 1 aromatic heterocycles. The van der Waals surface area contributed by atoms with Crippen molar-refractivity contribution in [3.63, 3.8) is 0 Å². The van der Waals surface area contributed by atoms with Gasteiger partial charge in [-0.2, -0.15) is 0 Å². The van der Waals surface area contributed by atoms with Crippen LogP contribution in [0.1, 0.15) is 23.9 Å². The lowest BCUT2D eigenvalue weighted by molar-refractivity contribution is -0.136. The molecule has 3 rings (SSSR count). The molecule has 1 saturated heterocycles. The van der Waals surface area contributed by atoms with Crippen LogP contribution in [0.3, 0.4) is 0 Å². The van der Waals surface area contributed by atoms with E-state index < -0.39 is 11.5 Å². The van der Waals surface area contributed by atoms with Crippen LogP contribution in [-0.4, -0.2) is 47.1 Å². The van der Waals surface area contributed by atoms with E-state index in [1.807, 2.05) is 6.92 Å². The fraction of sp³-hybridized carbons (Fsp3) is 0.375. The van der Waals surface area contributed by atoms with Crippen molar-refractivity contribution in [2.75, 3.05) is 19.6 Å². The van der Waals surface area contributed by atoms with Gasteiger partial charge in [-0.3, -0.25) is 14.9 Å². The topological polar surface area (TPSA) is 82.8 Å². The number of halogens is 1. The molecule has 0 spiro atoms. The number of carboxylic acids is 1. The second-order valence-corrected chi connectivity index (χ2v) is 6.51. The minimum atomic E-state index is -0.912. The van der Waals surface area contributed by atoms with Crippen LogP contribution in [0.15, 0.2) is 28.7 Å². The molecule has 2 heterocycles. The van der Waals surface area contributed by atoms with Crippen LogP contribution in [0.2, 0.25) is 5.02 Å². The fourth-order valence-electron chi connectivity index (χ4n) is 2.84. The minimum absolute atomic E-state index is 0.123. The number of carbonyl (C=O) groups is 2. The summed E-state index contributed by atoms with van der Waals surface area (Å²) in [6, 6.07) is 6.88. The average Bonchev–Trinajstić information content (AvgIpc) is 3.08. The second kappa shape index (κ2) is 5.86. The van der Waals surface area contributed by atoms with Gasteiger partial charge in [-0.05, 0) is 37.6 Å². The van der Waals surface area contributed by atoms with Gasteiger partial charge in [0.25, 0.3) is 5.91 Å². The lowest BCUT2D eigenvalue weighted by Gasteiger charge is -2.25. The molecule has 23 heavy (non-hydrogen) atoms. The summed E-state index contributed by atoms with van der Waals surface area (Å²) in [6.45, 7) is 2.79. The molecule has 0 aliphatic carbocycles. The van der Waals surface area contributed by atoms with Crippen LogP contribution >= 0.6 is 11.6 Å². The Kier molecular flexibility index (Phi) is 4.04. The van der Waals surface area contributed by atoms with E-state index in [-0.39, 0.29) is 18.2 Å². The summed E-state index contributed by atoms with van der Waals surface area (Å²) >= 11 is 5.94. The van der Waals surface area contributed by atoms with Crippen LogP contribution in [0.25, 0.3) is 11.0 Å². The molecule has 0 unspecified atom stereocenters. The van der Waals surface area contributed by atoms with Gasteiger partial charge in [-0.25, -0.2) is 0 Å². The van der Waals surface area contributed by atoms with Gasteiger partial charge in [-0.1, -0.05) is 11.6 Å². The van der Waals surface area contributed by atoms with Crippen molar-refractivity contribution < 1.29 is 19.1 Å². The smallest absolute Gasteiger partial charge is 0.317 e. The SMILES string of the molecule is C[C@]1(NCC(=O)O)CCN(C(=O)c2cc3cc(Cl)ccc3o2)C1. The van der Waals surface area contributed by atoms with Crippen molar-refractivity contribution in [2.24, 2.45) is 0 Å². The van der Waals surface area contributed by atoms with Crippen LogP contribution in [0.5, 0.6) is 0 Å². The van der Waals surface area contributed by atoms with E-state index in [1.54, 1.807) is 29.2 Å². The summed E-state index contributed by atoms with van der Waals surface area (Å²) in [5.74, 6) is -0.840. The number of hydrogen-bond donors (Lipinski definition) is 2. The summed E-state index contributed by atoms with van der Waals surface area (Å²) in [7, 11) is 0. The Bertz CT molecular complexity index is 773. The maximum atomic E-state index is 12.6. The number of benzene rings is 1. The monoisotopic (exact) mass is 336 g/mol. The van der Waals surface area contributed by atoms with Crippen LogP contribution in [-0.2, 0) is 4.79 Å². The molecular formula is C16H17ClN2O4. The second-order valence-electron chi connectivity index (χ2n) is 6.08. The summed E-state index contributed by atoms with van der Waals surface area (Å²) < 4.78 is 5.60. The van der Waals surface area contributed by atoms with Crippen LogP contribution in [0.4, 0.5) is 0 Å². The Balaban J connectivity index is 1.74. The molecule has 2 aromatic rings. The first-order valence-corrected chi connectivity index (χ1v) is 7.69. The first-order chi connectivity index (χ1) is 10.9. The number of likely N-dealkylation sites (tertiary alicyclic amines) is 1. The molecule has 122 valence electrons. The Morgan fingerprint density at radius 3 is 2.96 bits per heavy atom. The first-order valence-electron chi connectivity index (χ1n) is 7.31. The summed E-state index contributed by atoms with van der Waals surface area (Å²) in [5, 5.41) is 13.1. The highest BCUT2D eigenvalue weighted by Crippen LogP contribution is 2.27. The number of nitrogens with one attached hydrogen (secondary N) is 1. The Hall–Kier alpha value is -2.05. The zero-order valence-electron chi connectivity index (χ0n) is 12.6. The van der Waals surface area contributed by atoms with Gasteiger partial charge in [0.2, 0.25) is 0 Å². The number of rotatable bonds is 4. The molecule has 1 aliphatic heterocycles. The molecule has 6 nitrogen and oxygen atoms in total. The van der Waals surface area contributed by atoms with E-state index in [9.17, 15) is 9.59 Å². The zero-order chi connectivity index (χ0) is 16.6. The molecule has 1 aliphatic rings. The average molecular weight is 337 g/mol. The van der Waals surface area contributed by atoms with Gasteiger partial charge >= 0.3 is 5.97 Å². The lowest BCUT2D eigenvalue weighted by Crippen LogP contribution is -2.47. The third kappa shape index (κ3) is 3.33. The summed E-state index contributed by atoms with van der Waals surface area (Å²) in [6.07, 6.45) is 0.693. The van der Waals surface area contributed by atoms with Gasteiger partial charge in [0, 0.05) is 29.0 Å². The molecule has 0 bridgehead atoms. The predicted molar refractivity (Wildman–Crippen MR) is 85.8 cm³/mol. The Morgan fingerprint density at radius 1 is 1.43 bits per heavy atom. The molecule has 1 fully saturated rings. The van der Waals surface area contributed by atoms with E-state index in [0.717, 1.165) is 5.39 Å². The van der Waals surface area contributed by atoms with Gasteiger partial charge in [0.15, 0.2) is 5.76 Å². The van der Waals surface area contributed by atoms with E-state index in [2.05, 4.69) is 5.32 Å². The number of hydrogen-bond acceptors (Lipinski definition) is 4. The molecule has 1 atom stereocenters. The van der Waals surface area contributed by atoms with Crippen molar-refractivity contribution in [1.29, 1.82) is 0 Å². The maximum absolute atomic E-state index is 12.6. The van der Waals surface area contributed by atoms with E-state index in [4.69, 9.17) is 21.1 Å². The van der Waals surface area contributed by atoms with Gasteiger partial charge < -0.3 is 14.4 Å². The normalized spacial score (nSPS) is 21.0. The van der Waals surface area contributed by atoms with Crippen molar-refractivity contribution in [3.8, 4) is 0 Å². The fourth-order valence-corrected chi connectivity index (χ4v) is 3.02. The van der Waals surface area contributed by atoms with Crippen molar-refractivity contribution in [3.05, 3.63) is 35.0 Å². The highest BCUT2D eigenvalue weighted by molar-refractivity contribution is 6.31. The maximum Gasteiger partial charge on any atom is 0.317 e. The van der Waals surface area contributed by atoms with Gasteiger partial charge in [0.05, 0.1) is 6.54 Å². The van der Waals surface area contributed by atoms with Crippen molar-refractivity contribution >= 4 is 34.4 Å². The molecule has 1 aromatic carbocycles. The summed E-state index contributed by atoms with van der Waals surface area (Å²) in [5.41, 5.74) is 0.215. The quantitative estimate of drug-likeness (QED) is 0.895. The molecular weight excluding hydrogens is 320 g/mol. The number of carbonyl (C=O) groups excluding carboxylic acids is 1. The van der Waals surface area contributed by atoms with Crippen molar-refractivity contribution in [1.82, 2.24) is 10.2 Å². The van der Waals surface area contributed by atoms with Crippen LogP contribution in [0, 0.1) is 0 Å². The molecule has 2 N–H and O–H groups in total. The van der Waals surface area contributed by atoms with E-state index >= 15 is 0 Å². The lowest BCUT2D eigenvalue weighted by atomic mass is 10.0.